The van der Waals surface area contributed by atoms with E-state index in [-0.39, 0.29) is 17.6 Å². The monoisotopic (exact) mass is 319 g/mol. The van der Waals surface area contributed by atoms with Gasteiger partial charge in [0.2, 0.25) is 0 Å². The number of hydrogen-bond acceptors (Lipinski definition) is 4. The number of rotatable bonds is 7. The molecule has 4 nitrogen and oxygen atoms in total. The predicted molar refractivity (Wildman–Crippen MR) is 86.9 cm³/mol. The first-order valence-corrected chi connectivity index (χ1v) is 7.63. The number of hydrogen-bond donors (Lipinski definition) is 3. The van der Waals surface area contributed by atoms with E-state index in [4.69, 9.17) is 4.74 Å². The van der Waals surface area contributed by atoms with Crippen LogP contribution in [0.15, 0.2) is 42.5 Å². The number of aromatic hydroxyl groups is 1. The summed E-state index contributed by atoms with van der Waals surface area (Å²) in [5.41, 5.74) is 1.33. The molecule has 0 fully saturated rings. The van der Waals surface area contributed by atoms with Gasteiger partial charge < -0.3 is 20.3 Å². The average molecular weight is 319 g/mol. The van der Waals surface area contributed by atoms with Crippen LogP contribution in [0.4, 0.5) is 4.39 Å². The van der Waals surface area contributed by atoms with E-state index in [2.05, 4.69) is 5.32 Å². The van der Waals surface area contributed by atoms with Crippen molar-refractivity contribution in [3.05, 3.63) is 59.4 Å². The van der Waals surface area contributed by atoms with Crippen LogP contribution >= 0.6 is 0 Å². The highest BCUT2D eigenvalue weighted by molar-refractivity contribution is 5.45. The molecule has 2 rings (SSSR count). The van der Waals surface area contributed by atoms with Gasteiger partial charge in [-0.2, -0.15) is 0 Å². The van der Waals surface area contributed by atoms with Gasteiger partial charge in [-0.15, -0.1) is 0 Å². The van der Waals surface area contributed by atoms with E-state index in [1.807, 2.05) is 19.9 Å². The summed E-state index contributed by atoms with van der Waals surface area (Å²) in [4.78, 5) is 0. The van der Waals surface area contributed by atoms with Gasteiger partial charge in [-0.25, -0.2) is 4.39 Å². The van der Waals surface area contributed by atoms with Gasteiger partial charge >= 0.3 is 0 Å². The lowest BCUT2D eigenvalue weighted by atomic mass is 10.0. The number of aliphatic hydroxyl groups is 1. The summed E-state index contributed by atoms with van der Waals surface area (Å²) in [6, 6.07) is 10.8. The van der Waals surface area contributed by atoms with Crippen molar-refractivity contribution in [1.82, 2.24) is 5.32 Å². The van der Waals surface area contributed by atoms with Crippen molar-refractivity contribution in [1.29, 1.82) is 0 Å². The molecule has 2 unspecified atom stereocenters. The Morgan fingerprint density at radius 1 is 1.17 bits per heavy atom. The molecular formula is C18H22FNO3. The molecule has 2 aromatic carbocycles. The van der Waals surface area contributed by atoms with Crippen LogP contribution in [0.1, 0.15) is 31.1 Å². The number of phenols is 1. The lowest BCUT2D eigenvalue weighted by Gasteiger charge is -2.21. The highest BCUT2D eigenvalue weighted by atomic mass is 19.1. The number of benzene rings is 2. The topological polar surface area (TPSA) is 61.7 Å². The van der Waals surface area contributed by atoms with Crippen LogP contribution in [0.2, 0.25) is 0 Å². The van der Waals surface area contributed by atoms with Crippen molar-refractivity contribution >= 4 is 0 Å². The minimum absolute atomic E-state index is 0.102. The van der Waals surface area contributed by atoms with Crippen molar-refractivity contribution in [2.24, 2.45) is 0 Å². The largest absolute Gasteiger partial charge is 0.504 e. The summed E-state index contributed by atoms with van der Waals surface area (Å²) >= 11 is 0. The number of ether oxygens (including phenoxy) is 1. The predicted octanol–water partition coefficient (Wildman–Crippen LogP) is 3.14. The summed E-state index contributed by atoms with van der Waals surface area (Å²) in [7, 11) is 0. The van der Waals surface area contributed by atoms with Crippen molar-refractivity contribution in [3.63, 3.8) is 0 Å². The molecule has 0 aromatic heterocycles. The highest BCUT2D eigenvalue weighted by Crippen LogP contribution is 2.30. The molecule has 0 aliphatic rings. The molecule has 5 heteroatoms. The molecule has 124 valence electrons. The normalized spacial score (nSPS) is 13.6. The molecule has 0 amide bonds. The molecule has 2 aromatic rings. The molecule has 0 radical (unpaired) electrons. The Balaban J connectivity index is 2.00. The van der Waals surface area contributed by atoms with Gasteiger partial charge in [0.25, 0.3) is 0 Å². The zero-order valence-corrected chi connectivity index (χ0v) is 13.3. The van der Waals surface area contributed by atoms with Gasteiger partial charge in [0.05, 0.1) is 12.7 Å². The third-order valence-corrected chi connectivity index (χ3v) is 3.68. The quantitative estimate of drug-likeness (QED) is 0.734. The number of para-hydroxylation sites is 1. The van der Waals surface area contributed by atoms with Crippen LogP contribution < -0.4 is 10.1 Å². The molecule has 3 N–H and O–H groups in total. The van der Waals surface area contributed by atoms with Gasteiger partial charge in [-0.05, 0) is 37.6 Å². The molecule has 0 heterocycles. The Hall–Kier alpha value is -2.11. The van der Waals surface area contributed by atoms with E-state index in [1.54, 1.807) is 24.3 Å². The van der Waals surface area contributed by atoms with Crippen molar-refractivity contribution < 1.29 is 19.3 Å². The smallest absolute Gasteiger partial charge is 0.162 e. The molecular weight excluding hydrogens is 297 g/mol. The summed E-state index contributed by atoms with van der Waals surface area (Å²) in [6.07, 6.45) is -0.771. The van der Waals surface area contributed by atoms with E-state index in [1.165, 1.54) is 12.1 Å². The number of nitrogens with one attached hydrogen (secondary N) is 1. The van der Waals surface area contributed by atoms with Crippen molar-refractivity contribution in [3.8, 4) is 11.5 Å². The molecule has 2 atom stereocenters. The van der Waals surface area contributed by atoms with Gasteiger partial charge in [0, 0.05) is 18.2 Å². The van der Waals surface area contributed by atoms with E-state index >= 15 is 0 Å². The fourth-order valence-electron chi connectivity index (χ4n) is 2.31. The zero-order valence-electron chi connectivity index (χ0n) is 13.3. The first kappa shape index (κ1) is 17.2. The maximum atomic E-state index is 12.9. The summed E-state index contributed by atoms with van der Waals surface area (Å²) in [5.74, 6) is 0.211. The highest BCUT2D eigenvalue weighted by Gasteiger charge is 2.17. The number of phenolic OH excluding ortho intramolecular Hbond substituents is 1. The van der Waals surface area contributed by atoms with Gasteiger partial charge in [0.15, 0.2) is 11.5 Å². The Bertz CT molecular complexity index is 631. The van der Waals surface area contributed by atoms with Crippen molar-refractivity contribution in [2.75, 3.05) is 6.61 Å². The Kier molecular flexibility index (Phi) is 5.96. The molecule has 0 saturated carbocycles. The molecule has 0 bridgehead atoms. The van der Waals surface area contributed by atoms with E-state index < -0.39 is 6.10 Å². The van der Waals surface area contributed by atoms with Crippen LogP contribution in [-0.2, 0) is 6.54 Å². The fraction of sp³-hybridized carbons (Fsp3) is 0.333. The number of aliphatic hydroxyl groups excluding tert-OH is 1. The van der Waals surface area contributed by atoms with Crippen LogP contribution in [0.25, 0.3) is 0 Å². The summed E-state index contributed by atoms with van der Waals surface area (Å²) in [6.45, 7) is 4.54. The number of halogens is 1. The zero-order chi connectivity index (χ0) is 16.8. The Morgan fingerprint density at radius 2 is 1.87 bits per heavy atom. The lowest BCUT2D eigenvalue weighted by Crippen LogP contribution is -2.31. The van der Waals surface area contributed by atoms with E-state index in [9.17, 15) is 14.6 Å². The SMILES string of the molecule is CCOc1cccc(CNC(C)C(O)c2ccc(F)cc2)c1O. The molecule has 0 saturated heterocycles. The van der Waals surface area contributed by atoms with Gasteiger partial charge in [-0.3, -0.25) is 0 Å². The third kappa shape index (κ3) is 4.43. The Labute approximate surface area is 135 Å². The second-order valence-electron chi connectivity index (χ2n) is 5.36. The summed E-state index contributed by atoms with van der Waals surface area (Å²) < 4.78 is 18.3. The molecule has 0 aliphatic heterocycles. The molecule has 0 aliphatic carbocycles. The van der Waals surface area contributed by atoms with Crippen LogP contribution in [0.3, 0.4) is 0 Å². The molecule has 0 spiro atoms. The minimum atomic E-state index is -0.771. The van der Waals surface area contributed by atoms with Gasteiger partial charge in [-0.1, -0.05) is 24.3 Å². The maximum Gasteiger partial charge on any atom is 0.162 e. The summed E-state index contributed by atoms with van der Waals surface area (Å²) in [5, 5.41) is 23.6. The fourth-order valence-corrected chi connectivity index (χ4v) is 2.31. The van der Waals surface area contributed by atoms with Crippen LogP contribution in [0.5, 0.6) is 11.5 Å². The average Bonchev–Trinajstić information content (AvgIpc) is 2.55. The van der Waals surface area contributed by atoms with Crippen molar-refractivity contribution in [2.45, 2.75) is 32.5 Å². The van der Waals surface area contributed by atoms with E-state index in [0.29, 0.717) is 30.0 Å². The first-order chi connectivity index (χ1) is 11.0. The first-order valence-electron chi connectivity index (χ1n) is 7.63. The van der Waals surface area contributed by atoms with E-state index in [0.717, 1.165) is 0 Å². The van der Waals surface area contributed by atoms with Gasteiger partial charge in [0.1, 0.15) is 5.82 Å². The second kappa shape index (κ2) is 7.94. The molecule has 23 heavy (non-hydrogen) atoms. The Morgan fingerprint density at radius 3 is 2.52 bits per heavy atom. The van der Waals surface area contributed by atoms with Crippen LogP contribution in [-0.4, -0.2) is 22.9 Å². The lowest BCUT2D eigenvalue weighted by molar-refractivity contribution is 0.135. The maximum absolute atomic E-state index is 12.9. The minimum Gasteiger partial charge on any atom is -0.504 e. The third-order valence-electron chi connectivity index (χ3n) is 3.68. The second-order valence-corrected chi connectivity index (χ2v) is 5.36. The standard InChI is InChI=1S/C18H22FNO3/c1-3-23-16-6-4-5-14(18(16)22)11-20-12(2)17(21)13-7-9-15(19)10-8-13/h4-10,12,17,20-22H,3,11H2,1-2H3. The van der Waals surface area contributed by atoms with Crippen LogP contribution in [0, 0.1) is 5.82 Å².